The molecule has 0 bridgehead atoms. The van der Waals surface area contributed by atoms with Gasteiger partial charge in [-0.05, 0) is 58.1 Å². The summed E-state index contributed by atoms with van der Waals surface area (Å²) in [6.07, 6.45) is 3.77. The van der Waals surface area contributed by atoms with E-state index in [0.717, 1.165) is 25.6 Å². The van der Waals surface area contributed by atoms with Crippen molar-refractivity contribution in [2.75, 3.05) is 39.0 Å². The summed E-state index contributed by atoms with van der Waals surface area (Å²) in [5.74, 6) is 2.32. The third kappa shape index (κ3) is 6.05. The lowest BCUT2D eigenvalue weighted by molar-refractivity contribution is 0.0373. The van der Waals surface area contributed by atoms with E-state index in [9.17, 15) is 4.21 Å². The average Bonchev–Trinajstić information content (AvgIpc) is 2.71. The number of nitrogens with one attached hydrogen (secondary N) is 1. The van der Waals surface area contributed by atoms with Crippen LogP contribution in [0.4, 0.5) is 0 Å². The van der Waals surface area contributed by atoms with Crippen LogP contribution in [0.3, 0.4) is 0 Å². The molecule has 2 saturated heterocycles. The standard InChI is InChI=1S/C23H38N4OS/c1-23(2,3)29(28)16-13-25-22(24-4)27-15-12-21-20(18-27)11-8-14-26(21)17-19-9-6-5-7-10-19/h5-7,9-10,20-21H,8,11-18H2,1-4H3,(H,24,25). The Balaban J connectivity index is 1.53. The number of rotatable bonds is 5. The van der Waals surface area contributed by atoms with E-state index in [1.165, 1.54) is 31.4 Å². The van der Waals surface area contributed by atoms with Crippen molar-refractivity contribution in [3.05, 3.63) is 35.9 Å². The van der Waals surface area contributed by atoms with Crippen LogP contribution in [0.15, 0.2) is 35.3 Å². The highest BCUT2D eigenvalue weighted by Crippen LogP contribution is 2.31. The molecule has 2 fully saturated rings. The van der Waals surface area contributed by atoms with Gasteiger partial charge in [0.2, 0.25) is 0 Å². The first-order chi connectivity index (χ1) is 13.9. The lowest BCUT2D eigenvalue weighted by Crippen LogP contribution is -2.57. The van der Waals surface area contributed by atoms with E-state index in [2.05, 4.69) is 50.4 Å². The van der Waals surface area contributed by atoms with Crippen LogP contribution in [-0.2, 0) is 17.3 Å². The Morgan fingerprint density at radius 3 is 2.66 bits per heavy atom. The lowest BCUT2D eigenvalue weighted by Gasteiger charge is -2.48. The third-order valence-corrected chi connectivity index (χ3v) is 8.12. The van der Waals surface area contributed by atoms with Gasteiger partial charge < -0.3 is 10.2 Å². The zero-order valence-electron chi connectivity index (χ0n) is 18.6. The second-order valence-electron chi connectivity index (χ2n) is 9.30. The van der Waals surface area contributed by atoms with E-state index in [1.807, 2.05) is 27.8 Å². The normalized spacial score (nSPS) is 24.8. The maximum atomic E-state index is 12.3. The molecule has 1 N–H and O–H groups in total. The first-order valence-corrected chi connectivity index (χ1v) is 12.3. The molecule has 0 amide bonds. The number of hydrogen-bond donors (Lipinski definition) is 1. The largest absolute Gasteiger partial charge is 0.355 e. The average molecular weight is 419 g/mol. The maximum absolute atomic E-state index is 12.3. The summed E-state index contributed by atoms with van der Waals surface area (Å²) in [7, 11) is 1.02. The molecule has 2 aliphatic heterocycles. The van der Waals surface area contributed by atoms with Crippen LogP contribution >= 0.6 is 0 Å². The van der Waals surface area contributed by atoms with Crippen LogP contribution in [0.5, 0.6) is 0 Å². The van der Waals surface area contributed by atoms with Crippen LogP contribution in [0, 0.1) is 5.92 Å². The summed E-state index contributed by atoms with van der Waals surface area (Å²) in [5.41, 5.74) is 1.42. The smallest absolute Gasteiger partial charge is 0.193 e. The van der Waals surface area contributed by atoms with E-state index in [-0.39, 0.29) is 4.75 Å². The number of fused-ring (bicyclic) bond motifs is 1. The quantitative estimate of drug-likeness (QED) is 0.590. The van der Waals surface area contributed by atoms with Crippen LogP contribution < -0.4 is 5.32 Å². The van der Waals surface area contributed by atoms with Crippen molar-refractivity contribution in [2.45, 2.75) is 57.4 Å². The minimum Gasteiger partial charge on any atom is -0.355 e. The van der Waals surface area contributed by atoms with E-state index >= 15 is 0 Å². The Morgan fingerprint density at radius 1 is 1.21 bits per heavy atom. The minimum atomic E-state index is -0.834. The summed E-state index contributed by atoms with van der Waals surface area (Å²) >= 11 is 0. The van der Waals surface area contributed by atoms with Crippen molar-refractivity contribution < 1.29 is 4.21 Å². The van der Waals surface area contributed by atoms with Crippen molar-refractivity contribution in [1.29, 1.82) is 0 Å². The molecule has 29 heavy (non-hydrogen) atoms. The molecular formula is C23H38N4OS. The number of aliphatic imine (C=N–C) groups is 1. The molecule has 2 aliphatic rings. The minimum absolute atomic E-state index is 0.159. The van der Waals surface area contributed by atoms with Gasteiger partial charge in [0.05, 0.1) is 0 Å². The summed E-state index contributed by atoms with van der Waals surface area (Å²) in [6, 6.07) is 11.5. The van der Waals surface area contributed by atoms with Crippen LogP contribution in [0.2, 0.25) is 0 Å². The SMILES string of the molecule is CN=C(NCCS(=O)C(C)(C)C)N1CCC2C(CCCN2Cc2ccccc2)C1. The highest BCUT2D eigenvalue weighted by molar-refractivity contribution is 7.86. The summed E-state index contributed by atoms with van der Waals surface area (Å²) in [4.78, 5) is 9.62. The third-order valence-electron chi connectivity index (χ3n) is 6.18. The number of benzene rings is 1. The Hall–Kier alpha value is -1.40. The number of hydrogen-bond acceptors (Lipinski definition) is 3. The number of piperidine rings is 2. The molecule has 5 nitrogen and oxygen atoms in total. The summed E-state index contributed by atoms with van der Waals surface area (Å²) in [6.45, 7) is 11.2. The van der Waals surface area contributed by atoms with Crippen molar-refractivity contribution in [2.24, 2.45) is 10.9 Å². The molecule has 3 unspecified atom stereocenters. The fourth-order valence-electron chi connectivity index (χ4n) is 4.61. The topological polar surface area (TPSA) is 47.9 Å². The predicted molar refractivity (Wildman–Crippen MR) is 124 cm³/mol. The predicted octanol–water partition coefficient (Wildman–Crippen LogP) is 3.10. The van der Waals surface area contributed by atoms with Crippen LogP contribution in [-0.4, -0.2) is 69.7 Å². The molecule has 0 aromatic heterocycles. The molecule has 1 aromatic carbocycles. The molecule has 0 radical (unpaired) electrons. The first-order valence-electron chi connectivity index (χ1n) is 11.0. The molecule has 1 aromatic rings. The molecule has 3 atom stereocenters. The number of nitrogens with zero attached hydrogens (tertiary/aromatic N) is 3. The first kappa shape index (κ1) is 22.3. The van der Waals surface area contributed by atoms with Gasteiger partial charge in [-0.25, -0.2) is 0 Å². The van der Waals surface area contributed by atoms with Crippen LogP contribution in [0.1, 0.15) is 45.6 Å². The Kier molecular flexibility index (Phi) is 7.74. The molecule has 162 valence electrons. The molecule has 0 aliphatic carbocycles. The zero-order valence-corrected chi connectivity index (χ0v) is 19.4. The second kappa shape index (κ2) is 10.1. The van der Waals surface area contributed by atoms with Gasteiger partial charge in [-0.3, -0.25) is 14.1 Å². The zero-order chi connectivity index (χ0) is 20.9. The van der Waals surface area contributed by atoms with E-state index in [1.54, 1.807) is 0 Å². The van der Waals surface area contributed by atoms with Gasteiger partial charge >= 0.3 is 0 Å². The van der Waals surface area contributed by atoms with Crippen molar-refractivity contribution in [3.63, 3.8) is 0 Å². The van der Waals surface area contributed by atoms with Gasteiger partial charge in [0.15, 0.2) is 5.96 Å². The van der Waals surface area contributed by atoms with Gasteiger partial charge in [0.25, 0.3) is 0 Å². The molecule has 6 heteroatoms. The van der Waals surface area contributed by atoms with E-state index in [4.69, 9.17) is 0 Å². The number of likely N-dealkylation sites (tertiary alicyclic amines) is 2. The van der Waals surface area contributed by atoms with Crippen molar-refractivity contribution >= 4 is 16.8 Å². The second-order valence-corrected chi connectivity index (χ2v) is 11.6. The molecule has 0 saturated carbocycles. The Labute approximate surface area is 179 Å². The van der Waals surface area contributed by atoms with Crippen LogP contribution in [0.25, 0.3) is 0 Å². The molecular weight excluding hydrogens is 380 g/mol. The van der Waals surface area contributed by atoms with E-state index in [0.29, 0.717) is 24.3 Å². The lowest BCUT2D eigenvalue weighted by atomic mass is 9.83. The van der Waals surface area contributed by atoms with Gasteiger partial charge in [-0.1, -0.05) is 30.3 Å². The van der Waals surface area contributed by atoms with Gasteiger partial charge in [0.1, 0.15) is 0 Å². The Morgan fingerprint density at radius 2 is 1.97 bits per heavy atom. The fourth-order valence-corrected chi connectivity index (χ4v) is 5.51. The van der Waals surface area contributed by atoms with Gasteiger partial charge in [-0.15, -0.1) is 0 Å². The number of guanidine groups is 1. The van der Waals surface area contributed by atoms with E-state index < -0.39 is 10.8 Å². The van der Waals surface area contributed by atoms with Crippen molar-refractivity contribution in [1.82, 2.24) is 15.1 Å². The summed E-state index contributed by atoms with van der Waals surface area (Å²) in [5, 5.41) is 3.46. The summed E-state index contributed by atoms with van der Waals surface area (Å²) < 4.78 is 12.1. The molecule has 3 rings (SSSR count). The highest BCUT2D eigenvalue weighted by atomic mass is 32.2. The van der Waals surface area contributed by atoms with Gasteiger partial charge in [0, 0.05) is 60.6 Å². The maximum Gasteiger partial charge on any atom is 0.193 e. The molecule has 2 heterocycles. The van der Waals surface area contributed by atoms with Gasteiger partial charge in [-0.2, -0.15) is 0 Å². The monoisotopic (exact) mass is 418 g/mol. The highest BCUT2D eigenvalue weighted by Gasteiger charge is 2.36. The van der Waals surface area contributed by atoms with Crippen molar-refractivity contribution in [3.8, 4) is 0 Å². The fraction of sp³-hybridized carbons (Fsp3) is 0.696. The molecule has 0 spiro atoms. The Bertz CT molecular complexity index is 701.